The zero-order valence-corrected chi connectivity index (χ0v) is 18.5. The molecule has 0 unspecified atom stereocenters. The van der Waals surface area contributed by atoms with Gasteiger partial charge in [0.05, 0.1) is 6.04 Å². The van der Waals surface area contributed by atoms with E-state index in [1.54, 1.807) is 0 Å². The Morgan fingerprint density at radius 1 is 1.16 bits per heavy atom. The first-order valence-electron chi connectivity index (χ1n) is 11.9. The summed E-state index contributed by atoms with van der Waals surface area (Å²) >= 11 is 0. The van der Waals surface area contributed by atoms with Crippen molar-refractivity contribution in [2.24, 2.45) is 11.7 Å². The zero-order valence-electron chi connectivity index (χ0n) is 18.5. The third-order valence-corrected chi connectivity index (χ3v) is 7.19. The molecule has 2 fully saturated rings. The van der Waals surface area contributed by atoms with Crippen LogP contribution < -0.4 is 5.73 Å². The van der Waals surface area contributed by atoms with Gasteiger partial charge in [0, 0.05) is 31.5 Å². The van der Waals surface area contributed by atoms with Gasteiger partial charge >= 0.3 is 0 Å². The number of amides is 1. The lowest BCUT2D eigenvalue weighted by Gasteiger charge is -2.33. The van der Waals surface area contributed by atoms with E-state index in [1.807, 2.05) is 17.0 Å². The Morgan fingerprint density at radius 2 is 1.94 bits per heavy atom. The van der Waals surface area contributed by atoms with Crippen molar-refractivity contribution in [3.63, 3.8) is 0 Å². The first-order chi connectivity index (χ1) is 15.6. The average Bonchev–Trinajstić information content (AvgIpc) is 3.41. The second-order valence-electron chi connectivity index (χ2n) is 9.52. The van der Waals surface area contributed by atoms with Crippen molar-refractivity contribution in [2.45, 2.75) is 63.3 Å². The number of hydrogen-bond acceptors (Lipinski definition) is 5. The number of Topliss-reactive ketones (excluding diaryl/α,β-unsaturated/α-hetero) is 1. The number of hydrogen-bond donors (Lipinski definition) is 1. The SMILES string of the molecule is N[C@@H](CC1=CCc2ccccc21)C(=O)N1CCC(CCC(=O)c2cc(C3CC3)on2)CC1. The maximum absolute atomic E-state index is 12.9. The minimum Gasteiger partial charge on any atom is -0.360 e. The van der Waals surface area contributed by atoms with Crippen LogP contribution in [0.2, 0.25) is 0 Å². The fourth-order valence-electron chi connectivity index (χ4n) is 4.99. The van der Waals surface area contributed by atoms with E-state index >= 15 is 0 Å². The molecule has 1 aromatic carbocycles. The van der Waals surface area contributed by atoms with Crippen molar-refractivity contribution in [3.8, 4) is 0 Å². The van der Waals surface area contributed by atoms with Crippen molar-refractivity contribution in [1.29, 1.82) is 0 Å². The predicted molar refractivity (Wildman–Crippen MR) is 122 cm³/mol. The fourth-order valence-corrected chi connectivity index (χ4v) is 4.99. The first kappa shape index (κ1) is 21.1. The Morgan fingerprint density at radius 3 is 2.72 bits per heavy atom. The number of likely N-dealkylation sites (tertiary alicyclic amines) is 1. The molecule has 2 heterocycles. The summed E-state index contributed by atoms with van der Waals surface area (Å²) in [5.74, 6) is 1.88. The summed E-state index contributed by atoms with van der Waals surface area (Å²) in [4.78, 5) is 27.3. The molecule has 3 aliphatic rings. The molecule has 0 radical (unpaired) electrons. The molecule has 2 aromatic rings. The molecule has 1 atom stereocenters. The number of fused-ring (bicyclic) bond motifs is 1. The topological polar surface area (TPSA) is 89.4 Å². The number of nitrogens with zero attached hydrogens (tertiary/aromatic N) is 2. The largest absolute Gasteiger partial charge is 0.360 e. The summed E-state index contributed by atoms with van der Waals surface area (Å²) < 4.78 is 5.30. The third kappa shape index (κ3) is 4.56. The maximum Gasteiger partial charge on any atom is 0.239 e. The van der Waals surface area contributed by atoms with Gasteiger partial charge in [-0.15, -0.1) is 0 Å². The van der Waals surface area contributed by atoms with Gasteiger partial charge in [-0.25, -0.2) is 0 Å². The van der Waals surface area contributed by atoms with Gasteiger partial charge in [0.15, 0.2) is 5.78 Å². The molecule has 0 bridgehead atoms. The summed E-state index contributed by atoms with van der Waals surface area (Å²) in [6.45, 7) is 1.44. The number of nitrogens with two attached hydrogens (primary N) is 1. The summed E-state index contributed by atoms with van der Waals surface area (Å²) in [5, 5.41) is 3.96. The van der Waals surface area contributed by atoms with E-state index in [2.05, 4.69) is 29.4 Å². The monoisotopic (exact) mass is 433 g/mol. The number of piperidine rings is 1. The smallest absolute Gasteiger partial charge is 0.239 e. The van der Waals surface area contributed by atoms with E-state index in [1.165, 1.54) is 16.7 Å². The fraction of sp³-hybridized carbons (Fsp3) is 0.500. The van der Waals surface area contributed by atoms with Gasteiger partial charge in [0.1, 0.15) is 11.5 Å². The highest BCUT2D eigenvalue weighted by atomic mass is 16.5. The Kier molecular flexibility index (Phi) is 5.96. The van der Waals surface area contributed by atoms with E-state index < -0.39 is 6.04 Å². The maximum atomic E-state index is 12.9. The molecule has 1 aromatic heterocycles. The molecule has 6 heteroatoms. The molecule has 1 aliphatic heterocycles. The summed E-state index contributed by atoms with van der Waals surface area (Å²) in [6.07, 6.45) is 9.14. The highest BCUT2D eigenvalue weighted by Gasteiger charge is 2.30. The Bertz CT molecular complexity index is 1030. The lowest BCUT2D eigenvalue weighted by atomic mass is 9.90. The molecular weight excluding hydrogens is 402 g/mol. The zero-order chi connectivity index (χ0) is 22.1. The average molecular weight is 434 g/mol. The number of ketones is 1. The predicted octanol–water partition coefficient (Wildman–Crippen LogP) is 4.11. The van der Waals surface area contributed by atoms with Gasteiger partial charge in [0.25, 0.3) is 0 Å². The summed E-state index contributed by atoms with van der Waals surface area (Å²) in [5.41, 5.74) is 10.5. The Balaban J connectivity index is 1.06. The van der Waals surface area contributed by atoms with Crippen molar-refractivity contribution < 1.29 is 14.1 Å². The summed E-state index contributed by atoms with van der Waals surface area (Å²) in [6, 6.07) is 9.66. The molecule has 1 saturated heterocycles. The molecule has 1 amide bonds. The highest BCUT2D eigenvalue weighted by Crippen LogP contribution is 2.40. The standard InChI is InChI=1S/C26H31N3O3/c27-22(15-20-9-6-18-3-1-2-4-21(18)20)26(31)29-13-11-17(12-14-29)5-10-24(30)23-16-25(32-28-23)19-7-8-19/h1-4,9,16-17,19,22H,5-8,10-15,27H2/t22-/m0/s1. The molecule has 2 aliphatic carbocycles. The van der Waals surface area contributed by atoms with Gasteiger partial charge in [-0.05, 0) is 67.6 Å². The van der Waals surface area contributed by atoms with E-state index in [4.69, 9.17) is 10.3 Å². The van der Waals surface area contributed by atoms with E-state index in [-0.39, 0.29) is 11.7 Å². The number of carbonyl (C=O) groups is 2. The lowest BCUT2D eigenvalue weighted by Crippen LogP contribution is -2.47. The van der Waals surface area contributed by atoms with Gasteiger partial charge in [-0.1, -0.05) is 35.5 Å². The Labute approximate surface area is 188 Å². The van der Waals surface area contributed by atoms with Crippen molar-refractivity contribution in [2.75, 3.05) is 13.1 Å². The first-order valence-corrected chi connectivity index (χ1v) is 11.9. The van der Waals surface area contributed by atoms with Crippen LogP contribution in [-0.4, -0.2) is 40.9 Å². The Hall–Kier alpha value is -2.73. The van der Waals surface area contributed by atoms with Crippen LogP contribution in [0.3, 0.4) is 0 Å². The van der Waals surface area contributed by atoms with Crippen LogP contribution in [0.4, 0.5) is 0 Å². The van der Waals surface area contributed by atoms with E-state index in [9.17, 15) is 9.59 Å². The van der Waals surface area contributed by atoms with Crippen LogP contribution in [0.5, 0.6) is 0 Å². The third-order valence-electron chi connectivity index (χ3n) is 7.19. The van der Waals surface area contributed by atoms with Crippen molar-refractivity contribution in [3.05, 3.63) is 59.0 Å². The molecule has 168 valence electrons. The van der Waals surface area contributed by atoms with Gasteiger partial charge in [-0.2, -0.15) is 0 Å². The molecule has 5 rings (SSSR count). The second kappa shape index (κ2) is 9.02. The summed E-state index contributed by atoms with van der Waals surface area (Å²) in [7, 11) is 0. The number of benzene rings is 1. The van der Waals surface area contributed by atoms with Gasteiger partial charge < -0.3 is 15.2 Å². The number of allylic oxidation sites excluding steroid dienone is 1. The van der Waals surface area contributed by atoms with Crippen molar-refractivity contribution in [1.82, 2.24) is 10.1 Å². The molecule has 0 spiro atoms. The molecular formula is C26H31N3O3. The number of aromatic nitrogens is 1. The second-order valence-corrected chi connectivity index (χ2v) is 9.52. The highest BCUT2D eigenvalue weighted by molar-refractivity contribution is 5.94. The van der Waals surface area contributed by atoms with Crippen LogP contribution in [0.25, 0.3) is 5.57 Å². The lowest BCUT2D eigenvalue weighted by molar-refractivity contribution is -0.133. The van der Waals surface area contributed by atoms with Crippen LogP contribution in [0.15, 0.2) is 40.9 Å². The van der Waals surface area contributed by atoms with Crippen molar-refractivity contribution >= 4 is 17.3 Å². The van der Waals surface area contributed by atoms with E-state index in [0.717, 1.165) is 57.4 Å². The number of carbonyl (C=O) groups excluding carboxylic acids is 2. The van der Waals surface area contributed by atoms with Gasteiger partial charge in [0.2, 0.25) is 5.91 Å². The minimum absolute atomic E-state index is 0.0417. The minimum atomic E-state index is -0.502. The molecule has 1 saturated carbocycles. The van der Waals surface area contributed by atoms with E-state index in [0.29, 0.717) is 30.4 Å². The normalized spacial score (nSPS) is 19.5. The van der Waals surface area contributed by atoms with Crippen LogP contribution >= 0.6 is 0 Å². The number of rotatable bonds is 8. The quantitative estimate of drug-likeness (QED) is 0.633. The van der Waals surface area contributed by atoms with Gasteiger partial charge in [-0.3, -0.25) is 9.59 Å². The van der Waals surface area contributed by atoms with Crippen LogP contribution in [-0.2, 0) is 11.2 Å². The molecule has 32 heavy (non-hydrogen) atoms. The molecule has 2 N–H and O–H groups in total. The van der Waals surface area contributed by atoms with Crippen LogP contribution in [0.1, 0.15) is 78.2 Å². The van der Waals surface area contributed by atoms with Crippen LogP contribution in [0, 0.1) is 5.92 Å². The molecule has 6 nitrogen and oxygen atoms in total.